The molecule has 0 radical (unpaired) electrons. The number of hydrogen-bond donors (Lipinski definition) is 2. The number of nitrogens with one attached hydrogen (secondary N) is 2. The van der Waals surface area contributed by atoms with Crippen LogP contribution in [0, 0.1) is 5.82 Å². The standard InChI is InChI=1S/C18H31FN4/c1-5-20-18(22-14-15(4)23(6-2)7-3)21-13-12-16-8-10-17(19)11-9-16/h8-11,15H,5-7,12-14H2,1-4H3,(H2,20,21,22). The largest absolute Gasteiger partial charge is 0.357 e. The van der Waals surface area contributed by atoms with E-state index in [-0.39, 0.29) is 5.82 Å². The molecule has 0 saturated carbocycles. The Labute approximate surface area is 140 Å². The number of hydrogen-bond acceptors (Lipinski definition) is 2. The number of rotatable bonds is 9. The number of likely N-dealkylation sites (N-methyl/N-ethyl adjacent to an activating group) is 1. The van der Waals surface area contributed by atoms with Crippen LogP contribution in [0.4, 0.5) is 4.39 Å². The minimum atomic E-state index is -0.193. The summed E-state index contributed by atoms with van der Waals surface area (Å²) >= 11 is 0. The van der Waals surface area contributed by atoms with Gasteiger partial charge in [-0.2, -0.15) is 0 Å². The van der Waals surface area contributed by atoms with Crippen molar-refractivity contribution in [3.05, 3.63) is 35.6 Å². The first-order chi connectivity index (χ1) is 11.1. The molecule has 0 aliphatic carbocycles. The Morgan fingerprint density at radius 3 is 2.35 bits per heavy atom. The third-order valence-electron chi connectivity index (χ3n) is 3.91. The second-order valence-corrected chi connectivity index (χ2v) is 5.59. The van der Waals surface area contributed by atoms with E-state index in [4.69, 9.17) is 0 Å². The summed E-state index contributed by atoms with van der Waals surface area (Å²) in [6.07, 6.45) is 0.844. The molecule has 0 bridgehead atoms. The van der Waals surface area contributed by atoms with Crippen LogP contribution >= 0.6 is 0 Å². The first-order valence-corrected chi connectivity index (χ1v) is 8.61. The van der Waals surface area contributed by atoms with E-state index in [2.05, 4.69) is 48.2 Å². The zero-order valence-electron chi connectivity index (χ0n) is 14.9. The van der Waals surface area contributed by atoms with Crippen molar-refractivity contribution in [2.75, 3.05) is 32.7 Å². The fourth-order valence-corrected chi connectivity index (χ4v) is 2.50. The van der Waals surface area contributed by atoms with E-state index in [1.54, 1.807) is 0 Å². The van der Waals surface area contributed by atoms with Crippen LogP contribution < -0.4 is 10.6 Å². The van der Waals surface area contributed by atoms with Crippen LogP contribution in [0.2, 0.25) is 0 Å². The summed E-state index contributed by atoms with van der Waals surface area (Å²) in [5.41, 5.74) is 1.12. The van der Waals surface area contributed by atoms with E-state index >= 15 is 0 Å². The molecule has 2 N–H and O–H groups in total. The Kier molecular flexibility index (Phi) is 9.29. The summed E-state index contributed by atoms with van der Waals surface area (Å²) in [5, 5.41) is 6.61. The van der Waals surface area contributed by atoms with Crippen LogP contribution in [0.15, 0.2) is 29.3 Å². The normalized spacial score (nSPS) is 13.2. The summed E-state index contributed by atoms with van der Waals surface area (Å²) in [5.74, 6) is 0.649. The average molecular weight is 322 g/mol. The van der Waals surface area contributed by atoms with Gasteiger partial charge in [0, 0.05) is 19.1 Å². The van der Waals surface area contributed by atoms with E-state index in [0.29, 0.717) is 6.04 Å². The number of aliphatic imine (C=N–C) groups is 1. The molecule has 1 atom stereocenters. The molecule has 0 amide bonds. The van der Waals surface area contributed by atoms with Gasteiger partial charge in [-0.25, -0.2) is 4.39 Å². The SMILES string of the molecule is CCNC(=NCC(C)N(CC)CC)NCCc1ccc(F)cc1. The van der Waals surface area contributed by atoms with Crippen LogP contribution in [0.3, 0.4) is 0 Å². The molecule has 4 nitrogen and oxygen atoms in total. The van der Waals surface area contributed by atoms with Crippen molar-refractivity contribution in [3.8, 4) is 0 Å². The number of guanidine groups is 1. The van der Waals surface area contributed by atoms with Gasteiger partial charge in [0.1, 0.15) is 5.82 Å². The molecule has 1 unspecified atom stereocenters. The Bertz CT molecular complexity index is 455. The Balaban J connectivity index is 2.47. The quantitative estimate of drug-likeness (QED) is 0.542. The highest BCUT2D eigenvalue weighted by Gasteiger charge is 2.09. The molecule has 130 valence electrons. The monoisotopic (exact) mass is 322 g/mol. The van der Waals surface area contributed by atoms with Crippen molar-refractivity contribution in [1.29, 1.82) is 0 Å². The molecule has 0 aliphatic heterocycles. The fourth-order valence-electron chi connectivity index (χ4n) is 2.50. The Morgan fingerprint density at radius 1 is 1.13 bits per heavy atom. The van der Waals surface area contributed by atoms with Gasteiger partial charge in [0.05, 0.1) is 6.54 Å². The molecule has 0 heterocycles. The van der Waals surface area contributed by atoms with Gasteiger partial charge in [0.15, 0.2) is 5.96 Å². The molecule has 5 heteroatoms. The molecule has 1 aromatic rings. The maximum atomic E-state index is 12.9. The fraction of sp³-hybridized carbons (Fsp3) is 0.611. The van der Waals surface area contributed by atoms with Crippen molar-refractivity contribution in [2.24, 2.45) is 4.99 Å². The maximum Gasteiger partial charge on any atom is 0.191 e. The topological polar surface area (TPSA) is 39.7 Å². The van der Waals surface area contributed by atoms with Gasteiger partial charge >= 0.3 is 0 Å². The maximum absolute atomic E-state index is 12.9. The summed E-state index contributed by atoms with van der Waals surface area (Å²) < 4.78 is 12.9. The van der Waals surface area contributed by atoms with Crippen molar-refractivity contribution in [1.82, 2.24) is 15.5 Å². The van der Waals surface area contributed by atoms with Gasteiger partial charge in [0.25, 0.3) is 0 Å². The van der Waals surface area contributed by atoms with Gasteiger partial charge in [-0.1, -0.05) is 26.0 Å². The van der Waals surface area contributed by atoms with Gasteiger partial charge in [-0.3, -0.25) is 9.89 Å². The molecule has 0 saturated heterocycles. The van der Waals surface area contributed by atoms with Gasteiger partial charge in [0.2, 0.25) is 0 Å². The third kappa shape index (κ3) is 7.46. The van der Waals surface area contributed by atoms with Gasteiger partial charge in [-0.05, 0) is 51.1 Å². The van der Waals surface area contributed by atoms with Crippen LogP contribution in [-0.2, 0) is 6.42 Å². The third-order valence-corrected chi connectivity index (χ3v) is 3.91. The molecule has 1 aromatic carbocycles. The second kappa shape index (κ2) is 11.0. The number of benzene rings is 1. The first kappa shape index (κ1) is 19.4. The van der Waals surface area contributed by atoms with Gasteiger partial charge in [-0.15, -0.1) is 0 Å². The van der Waals surface area contributed by atoms with Crippen LogP contribution in [0.5, 0.6) is 0 Å². The molecule has 0 fully saturated rings. The molecular weight excluding hydrogens is 291 g/mol. The number of nitrogens with zero attached hydrogens (tertiary/aromatic N) is 2. The second-order valence-electron chi connectivity index (χ2n) is 5.59. The molecule has 0 spiro atoms. The molecule has 1 rings (SSSR count). The average Bonchev–Trinajstić information content (AvgIpc) is 2.55. The van der Waals surface area contributed by atoms with Crippen molar-refractivity contribution < 1.29 is 4.39 Å². The lowest BCUT2D eigenvalue weighted by Gasteiger charge is -2.25. The van der Waals surface area contributed by atoms with Gasteiger partial charge < -0.3 is 10.6 Å². The van der Waals surface area contributed by atoms with E-state index < -0.39 is 0 Å². The summed E-state index contributed by atoms with van der Waals surface area (Å²) in [7, 11) is 0. The predicted molar refractivity (Wildman–Crippen MR) is 96.5 cm³/mol. The highest BCUT2D eigenvalue weighted by molar-refractivity contribution is 5.79. The minimum Gasteiger partial charge on any atom is -0.357 e. The highest BCUT2D eigenvalue weighted by Crippen LogP contribution is 2.03. The lowest BCUT2D eigenvalue weighted by molar-refractivity contribution is 0.237. The number of halogens is 1. The van der Waals surface area contributed by atoms with Crippen LogP contribution in [-0.4, -0.2) is 49.6 Å². The lowest BCUT2D eigenvalue weighted by atomic mass is 10.1. The zero-order valence-corrected chi connectivity index (χ0v) is 14.9. The highest BCUT2D eigenvalue weighted by atomic mass is 19.1. The van der Waals surface area contributed by atoms with Crippen molar-refractivity contribution in [2.45, 2.75) is 40.2 Å². The predicted octanol–water partition coefficient (Wildman–Crippen LogP) is 2.65. The Morgan fingerprint density at radius 2 is 1.78 bits per heavy atom. The van der Waals surface area contributed by atoms with Crippen LogP contribution in [0.25, 0.3) is 0 Å². The summed E-state index contributed by atoms with van der Waals surface area (Å²) in [4.78, 5) is 7.06. The molecular formula is C18H31FN4. The Hall–Kier alpha value is -1.62. The van der Waals surface area contributed by atoms with Crippen molar-refractivity contribution >= 4 is 5.96 Å². The zero-order chi connectivity index (χ0) is 17.1. The molecule has 23 heavy (non-hydrogen) atoms. The van der Waals surface area contributed by atoms with E-state index in [0.717, 1.165) is 50.7 Å². The summed E-state index contributed by atoms with van der Waals surface area (Å²) in [6.45, 7) is 13.1. The lowest BCUT2D eigenvalue weighted by Crippen LogP contribution is -2.40. The molecule has 0 aliphatic rings. The van der Waals surface area contributed by atoms with E-state index in [1.807, 2.05) is 12.1 Å². The molecule has 0 aromatic heterocycles. The van der Waals surface area contributed by atoms with Crippen LogP contribution in [0.1, 0.15) is 33.3 Å². The smallest absolute Gasteiger partial charge is 0.191 e. The minimum absolute atomic E-state index is 0.193. The van der Waals surface area contributed by atoms with E-state index in [9.17, 15) is 4.39 Å². The first-order valence-electron chi connectivity index (χ1n) is 8.61. The van der Waals surface area contributed by atoms with Crippen molar-refractivity contribution in [3.63, 3.8) is 0 Å². The van der Waals surface area contributed by atoms with E-state index in [1.165, 1.54) is 12.1 Å². The summed E-state index contributed by atoms with van der Waals surface area (Å²) in [6, 6.07) is 7.07.